The number of nitrogens with zero attached hydrogens (tertiary/aromatic N) is 1. The lowest BCUT2D eigenvalue weighted by Crippen LogP contribution is -2.54. The van der Waals surface area contributed by atoms with Crippen LogP contribution < -0.4 is 0 Å². The molecule has 1 N–H and O–H groups in total. The number of rotatable bonds is 5. The molecule has 31 heavy (non-hydrogen) atoms. The van der Waals surface area contributed by atoms with Gasteiger partial charge in [-0.25, -0.2) is 0 Å². The van der Waals surface area contributed by atoms with Crippen molar-refractivity contribution in [3.63, 3.8) is 0 Å². The van der Waals surface area contributed by atoms with E-state index >= 15 is 0 Å². The summed E-state index contributed by atoms with van der Waals surface area (Å²) >= 11 is 0. The molecular weight excluding hydrogens is 378 g/mol. The smallest absolute Gasteiger partial charge is 0.0543 e. The largest absolute Gasteiger partial charge is 0.393 e. The van der Waals surface area contributed by atoms with E-state index in [1.54, 1.807) is 0 Å². The first-order chi connectivity index (χ1) is 14.9. The van der Waals surface area contributed by atoms with Gasteiger partial charge in [-0.3, -0.25) is 0 Å². The van der Waals surface area contributed by atoms with Crippen LogP contribution in [0.1, 0.15) is 111 Å². The number of likely N-dealkylation sites (tertiary alicyclic amines) is 1. The van der Waals surface area contributed by atoms with Crippen molar-refractivity contribution in [3.8, 4) is 0 Å². The highest BCUT2D eigenvalue weighted by atomic mass is 16.3. The predicted octanol–water partition coefficient (Wildman–Crippen LogP) is 6.91. The summed E-state index contributed by atoms with van der Waals surface area (Å²) in [4.78, 5) is 2.74. The Morgan fingerprint density at radius 3 is 2.42 bits per heavy atom. The SMILES string of the molecule is C[C@H](CCCN1CCCCC1)[C@H]1CC[C@H]2[C@@H]3CCC4CC(O)CC[C@]4(C)[C@H]3CC[C@]12C. The van der Waals surface area contributed by atoms with Gasteiger partial charge in [-0.05, 0) is 149 Å². The van der Waals surface area contributed by atoms with E-state index in [1.807, 2.05) is 0 Å². The Labute approximate surface area is 192 Å². The van der Waals surface area contributed by atoms with E-state index in [1.165, 1.54) is 96.7 Å². The summed E-state index contributed by atoms with van der Waals surface area (Å²) in [5.74, 6) is 5.61. The summed E-state index contributed by atoms with van der Waals surface area (Å²) < 4.78 is 0. The molecule has 5 aliphatic rings. The second-order valence-corrected chi connectivity index (χ2v) is 13.3. The molecular formula is C29H51NO. The second-order valence-electron chi connectivity index (χ2n) is 13.3. The quantitative estimate of drug-likeness (QED) is 0.513. The molecule has 0 aromatic rings. The van der Waals surface area contributed by atoms with Gasteiger partial charge >= 0.3 is 0 Å². The molecule has 0 radical (unpaired) electrons. The van der Waals surface area contributed by atoms with E-state index in [9.17, 15) is 5.11 Å². The van der Waals surface area contributed by atoms with E-state index in [4.69, 9.17) is 0 Å². The maximum atomic E-state index is 10.3. The molecule has 4 aliphatic carbocycles. The average molecular weight is 430 g/mol. The van der Waals surface area contributed by atoms with Gasteiger partial charge in [0.05, 0.1) is 6.10 Å². The number of hydrogen-bond acceptors (Lipinski definition) is 2. The second kappa shape index (κ2) is 8.94. The fourth-order valence-electron chi connectivity index (χ4n) is 10.2. The van der Waals surface area contributed by atoms with Gasteiger partial charge in [0.2, 0.25) is 0 Å². The van der Waals surface area contributed by atoms with Crippen LogP contribution in [-0.2, 0) is 0 Å². The van der Waals surface area contributed by atoms with Gasteiger partial charge in [0.25, 0.3) is 0 Å². The van der Waals surface area contributed by atoms with Gasteiger partial charge < -0.3 is 10.0 Å². The standard InChI is InChI=1S/C29H51NO/c1-21(8-7-19-30-17-5-4-6-18-30)25-11-12-26-24-10-9-22-20-23(31)13-15-28(22,2)27(24)14-16-29(25,26)3/h21-27,31H,4-20H2,1-3H3/t21-,22?,23?,24+,25-,26+,27+,28+,29-/m1/s1. The van der Waals surface area contributed by atoms with E-state index in [0.29, 0.717) is 10.8 Å². The van der Waals surface area contributed by atoms with Crippen molar-refractivity contribution in [2.24, 2.45) is 46.3 Å². The highest BCUT2D eigenvalue weighted by Crippen LogP contribution is 2.68. The molecule has 2 heteroatoms. The fourth-order valence-corrected chi connectivity index (χ4v) is 10.2. The molecule has 4 saturated carbocycles. The third-order valence-corrected chi connectivity index (χ3v) is 12.0. The Hall–Kier alpha value is -0.0800. The van der Waals surface area contributed by atoms with Crippen LogP contribution in [0.3, 0.4) is 0 Å². The number of piperidine rings is 1. The van der Waals surface area contributed by atoms with Crippen molar-refractivity contribution >= 4 is 0 Å². The topological polar surface area (TPSA) is 23.5 Å². The Morgan fingerprint density at radius 1 is 0.871 bits per heavy atom. The fraction of sp³-hybridized carbons (Fsp3) is 1.00. The first-order valence-corrected chi connectivity index (χ1v) is 14.3. The zero-order valence-electron chi connectivity index (χ0n) is 21.0. The molecule has 0 aromatic heterocycles. The van der Waals surface area contributed by atoms with E-state index in [-0.39, 0.29) is 6.10 Å². The Bertz CT molecular complexity index is 614. The molecule has 0 spiro atoms. The highest BCUT2D eigenvalue weighted by molar-refractivity contribution is 5.09. The summed E-state index contributed by atoms with van der Waals surface area (Å²) in [7, 11) is 0. The molecule has 0 aromatic carbocycles. The molecule has 1 saturated heterocycles. The van der Waals surface area contributed by atoms with Crippen molar-refractivity contribution in [2.75, 3.05) is 19.6 Å². The third kappa shape index (κ3) is 4.05. The maximum absolute atomic E-state index is 10.3. The molecule has 2 unspecified atom stereocenters. The molecule has 0 amide bonds. The third-order valence-electron chi connectivity index (χ3n) is 12.0. The van der Waals surface area contributed by atoms with Gasteiger partial charge in [0.15, 0.2) is 0 Å². The maximum Gasteiger partial charge on any atom is 0.0543 e. The lowest BCUT2D eigenvalue weighted by atomic mass is 9.44. The molecule has 1 heterocycles. The number of fused-ring (bicyclic) bond motifs is 5. The highest BCUT2D eigenvalue weighted by Gasteiger charge is 2.60. The van der Waals surface area contributed by atoms with Gasteiger partial charge in [-0.15, -0.1) is 0 Å². The van der Waals surface area contributed by atoms with Crippen molar-refractivity contribution < 1.29 is 5.11 Å². The summed E-state index contributed by atoms with van der Waals surface area (Å²) in [6, 6.07) is 0. The van der Waals surface area contributed by atoms with Gasteiger partial charge in [0, 0.05) is 0 Å². The van der Waals surface area contributed by atoms with Crippen LogP contribution in [0.25, 0.3) is 0 Å². The predicted molar refractivity (Wildman–Crippen MR) is 130 cm³/mol. The van der Waals surface area contributed by atoms with E-state index < -0.39 is 0 Å². The van der Waals surface area contributed by atoms with Gasteiger partial charge in [0.1, 0.15) is 0 Å². The summed E-state index contributed by atoms with van der Waals surface area (Å²) in [5.41, 5.74) is 1.14. The molecule has 5 fully saturated rings. The van der Waals surface area contributed by atoms with E-state index in [0.717, 1.165) is 48.3 Å². The van der Waals surface area contributed by atoms with Crippen molar-refractivity contribution in [1.29, 1.82) is 0 Å². The van der Waals surface area contributed by atoms with Crippen LogP contribution in [0.2, 0.25) is 0 Å². The number of aliphatic hydroxyl groups excluding tert-OH is 1. The monoisotopic (exact) mass is 429 g/mol. The van der Waals surface area contributed by atoms with Crippen LogP contribution in [0, 0.1) is 46.3 Å². The zero-order chi connectivity index (χ0) is 21.6. The van der Waals surface area contributed by atoms with Crippen LogP contribution in [0.15, 0.2) is 0 Å². The van der Waals surface area contributed by atoms with Crippen molar-refractivity contribution in [2.45, 2.75) is 117 Å². The van der Waals surface area contributed by atoms with Gasteiger partial charge in [-0.2, -0.15) is 0 Å². The first-order valence-electron chi connectivity index (χ1n) is 14.3. The van der Waals surface area contributed by atoms with Crippen LogP contribution >= 0.6 is 0 Å². The molecule has 0 bridgehead atoms. The Kier molecular flexibility index (Phi) is 6.54. The normalized spacial score (nSPS) is 49.2. The molecule has 9 atom stereocenters. The first kappa shape index (κ1) is 22.7. The van der Waals surface area contributed by atoms with Crippen LogP contribution in [-0.4, -0.2) is 35.7 Å². The lowest BCUT2D eigenvalue weighted by molar-refractivity contribution is -0.129. The number of hydrogen-bond donors (Lipinski definition) is 1. The molecule has 178 valence electrons. The molecule has 1 aliphatic heterocycles. The van der Waals surface area contributed by atoms with Crippen LogP contribution in [0.4, 0.5) is 0 Å². The minimum atomic E-state index is -0.00914. The van der Waals surface area contributed by atoms with E-state index in [2.05, 4.69) is 25.7 Å². The average Bonchev–Trinajstić information content (AvgIpc) is 3.12. The lowest BCUT2D eigenvalue weighted by Gasteiger charge is -2.61. The Balaban J connectivity index is 1.21. The minimum Gasteiger partial charge on any atom is -0.393 e. The van der Waals surface area contributed by atoms with Crippen molar-refractivity contribution in [3.05, 3.63) is 0 Å². The van der Waals surface area contributed by atoms with Gasteiger partial charge in [-0.1, -0.05) is 27.2 Å². The summed E-state index contributed by atoms with van der Waals surface area (Å²) in [6.45, 7) is 12.0. The zero-order valence-corrected chi connectivity index (χ0v) is 21.0. The molecule has 5 rings (SSSR count). The summed E-state index contributed by atoms with van der Waals surface area (Å²) in [5, 5.41) is 10.3. The number of aliphatic hydroxyl groups is 1. The Morgan fingerprint density at radius 2 is 1.61 bits per heavy atom. The van der Waals surface area contributed by atoms with Crippen molar-refractivity contribution in [1.82, 2.24) is 4.90 Å². The molecule has 2 nitrogen and oxygen atoms in total. The minimum absolute atomic E-state index is 0.00914. The summed E-state index contributed by atoms with van der Waals surface area (Å²) in [6.07, 6.45) is 19.5. The van der Waals surface area contributed by atoms with Crippen LogP contribution in [0.5, 0.6) is 0 Å².